The van der Waals surface area contributed by atoms with E-state index in [4.69, 9.17) is 15.2 Å². The Bertz CT molecular complexity index is 396. The van der Waals surface area contributed by atoms with Crippen molar-refractivity contribution in [1.29, 1.82) is 0 Å². The van der Waals surface area contributed by atoms with Gasteiger partial charge in [-0.1, -0.05) is 18.9 Å². The molecule has 1 fully saturated rings. The highest BCUT2D eigenvalue weighted by Crippen LogP contribution is 2.34. The summed E-state index contributed by atoms with van der Waals surface area (Å²) in [6.07, 6.45) is 7.82. The normalized spacial score (nSPS) is 18.7. The third kappa shape index (κ3) is 3.63. The minimum absolute atomic E-state index is 0.0862. The average Bonchev–Trinajstić information content (AvgIpc) is 2.66. The molecule has 1 aliphatic rings. The van der Waals surface area contributed by atoms with Crippen LogP contribution in [0.1, 0.15) is 57.1 Å². The van der Waals surface area contributed by atoms with E-state index in [9.17, 15) is 0 Å². The maximum atomic E-state index is 6.21. The Morgan fingerprint density at radius 2 is 1.74 bits per heavy atom. The van der Waals surface area contributed by atoms with Crippen molar-refractivity contribution in [3.8, 4) is 11.5 Å². The van der Waals surface area contributed by atoms with E-state index in [-0.39, 0.29) is 6.04 Å². The first-order valence-electron chi connectivity index (χ1n) is 7.31. The molecule has 106 valence electrons. The number of hydrogen-bond acceptors (Lipinski definition) is 3. The summed E-state index contributed by atoms with van der Waals surface area (Å²) in [5.74, 6) is 1.71. The highest BCUT2D eigenvalue weighted by Gasteiger charge is 2.19. The minimum Gasteiger partial charge on any atom is -0.496 e. The quantitative estimate of drug-likeness (QED) is 0.840. The molecule has 0 unspecified atom stereocenters. The zero-order valence-corrected chi connectivity index (χ0v) is 12.0. The largest absolute Gasteiger partial charge is 0.496 e. The van der Waals surface area contributed by atoms with E-state index in [0.717, 1.165) is 29.9 Å². The first-order chi connectivity index (χ1) is 9.22. The molecule has 2 N–H and O–H groups in total. The van der Waals surface area contributed by atoms with Crippen molar-refractivity contribution in [1.82, 2.24) is 0 Å². The van der Waals surface area contributed by atoms with Crippen molar-refractivity contribution in [2.24, 2.45) is 5.73 Å². The van der Waals surface area contributed by atoms with Crippen molar-refractivity contribution in [2.45, 2.75) is 57.6 Å². The molecule has 0 spiro atoms. The van der Waals surface area contributed by atoms with Crippen LogP contribution >= 0.6 is 0 Å². The minimum atomic E-state index is -0.0862. The summed E-state index contributed by atoms with van der Waals surface area (Å²) >= 11 is 0. The molecule has 3 heteroatoms. The number of rotatable bonds is 4. The lowest BCUT2D eigenvalue weighted by atomic mass is 10.1. The molecule has 0 aliphatic heterocycles. The van der Waals surface area contributed by atoms with Crippen molar-refractivity contribution in [3.05, 3.63) is 23.8 Å². The summed E-state index contributed by atoms with van der Waals surface area (Å²) in [5.41, 5.74) is 7.05. The number of benzene rings is 1. The highest BCUT2D eigenvalue weighted by atomic mass is 16.5. The second-order valence-electron chi connectivity index (χ2n) is 5.39. The topological polar surface area (TPSA) is 44.5 Å². The van der Waals surface area contributed by atoms with E-state index < -0.39 is 0 Å². The lowest BCUT2D eigenvalue weighted by molar-refractivity contribution is 0.180. The maximum Gasteiger partial charge on any atom is 0.128 e. The van der Waals surface area contributed by atoms with E-state index in [1.165, 1.54) is 25.7 Å². The third-order valence-corrected chi connectivity index (χ3v) is 3.80. The SMILES string of the molecule is COc1cccc(OC2CCCCCC2)c1[C@H](C)N. The molecule has 3 nitrogen and oxygen atoms in total. The Hall–Kier alpha value is -1.22. The Morgan fingerprint density at radius 1 is 1.11 bits per heavy atom. The summed E-state index contributed by atoms with van der Waals surface area (Å²) in [5, 5.41) is 0. The number of hydrogen-bond donors (Lipinski definition) is 1. The Balaban J connectivity index is 2.18. The Morgan fingerprint density at radius 3 is 2.32 bits per heavy atom. The van der Waals surface area contributed by atoms with Gasteiger partial charge in [-0.15, -0.1) is 0 Å². The van der Waals surface area contributed by atoms with Crippen molar-refractivity contribution in [2.75, 3.05) is 7.11 Å². The predicted molar refractivity (Wildman–Crippen MR) is 77.7 cm³/mol. The number of nitrogens with two attached hydrogens (primary N) is 1. The fourth-order valence-corrected chi connectivity index (χ4v) is 2.79. The van der Waals surface area contributed by atoms with Crippen molar-refractivity contribution < 1.29 is 9.47 Å². The summed E-state index contributed by atoms with van der Waals surface area (Å²) in [6.45, 7) is 1.97. The molecule has 0 amide bonds. The van der Waals surface area contributed by atoms with Crippen LogP contribution in [0.3, 0.4) is 0 Å². The summed E-state index contributed by atoms with van der Waals surface area (Å²) in [6, 6.07) is 5.83. The van der Waals surface area contributed by atoms with Gasteiger partial charge in [-0.2, -0.15) is 0 Å². The summed E-state index contributed by atoms with van der Waals surface area (Å²) < 4.78 is 11.6. The summed E-state index contributed by atoms with van der Waals surface area (Å²) in [7, 11) is 1.68. The van der Waals surface area contributed by atoms with Crippen molar-refractivity contribution in [3.63, 3.8) is 0 Å². The smallest absolute Gasteiger partial charge is 0.128 e. The molecule has 1 aliphatic carbocycles. The number of ether oxygens (including phenoxy) is 2. The molecule has 0 aromatic heterocycles. The third-order valence-electron chi connectivity index (χ3n) is 3.80. The van der Waals surface area contributed by atoms with Gasteiger partial charge in [0.25, 0.3) is 0 Å². The van der Waals surface area contributed by atoms with Crippen LogP contribution < -0.4 is 15.2 Å². The highest BCUT2D eigenvalue weighted by molar-refractivity contribution is 5.46. The van der Waals surface area contributed by atoms with Crippen LogP contribution in [0.2, 0.25) is 0 Å². The van der Waals surface area contributed by atoms with E-state index in [0.29, 0.717) is 6.10 Å². The van der Waals surface area contributed by atoms with Crippen LogP contribution in [0.15, 0.2) is 18.2 Å². The molecule has 0 radical (unpaired) electrons. The number of methoxy groups -OCH3 is 1. The predicted octanol–water partition coefficient (Wildman–Crippen LogP) is 3.82. The van der Waals surface area contributed by atoms with Crippen LogP contribution in [0, 0.1) is 0 Å². The van der Waals surface area contributed by atoms with Crippen LogP contribution in [-0.4, -0.2) is 13.2 Å². The lowest BCUT2D eigenvalue weighted by Gasteiger charge is -2.22. The van der Waals surface area contributed by atoms with Gasteiger partial charge in [0.05, 0.1) is 18.8 Å². The van der Waals surface area contributed by atoms with Gasteiger partial charge in [0.2, 0.25) is 0 Å². The van der Waals surface area contributed by atoms with Crippen LogP contribution in [0.5, 0.6) is 11.5 Å². The molecular weight excluding hydrogens is 238 g/mol. The van der Waals surface area contributed by atoms with Gasteiger partial charge in [0.15, 0.2) is 0 Å². The molecular formula is C16H25NO2. The molecule has 0 bridgehead atoms. The van der Waals surface area contributed by atoms with E-state index in [1.54, 1.807) is 7.11 Å². The Labute approximate surface area is 116 Å². The van der Waals surface area contributed by atoms with E-state index in [2.05, 4.69) is 0 Å². The fourth-order valence-electron chi connectivity index (χ4n) is 2.79. The van der Waals surface area contributed by atoms with Crippen LogP contribution in [0.25, 0.3) is 0 Å². The van der Waals surface area contributed by atoms with E-state index >= 15 is 0 Å². The molecule has 1 aromatic carbocycles. The first-order valence-corrected chi connectivity index (χ1v) is 7.31. The average molecular weight is 263 g/mol. The van der Waals surface area contributed by atoms with Gasteiger partial charge in [0.1, 0.15) is 11.5 Å². The zero-order chi connectivity index (χ0) is 13.7. The van der Waals surface area contributed by atoms with Gasteiger partial charge in [-0.25, -0.2) is 0 Å². The second-order valence-corrected chi connectivity index (χ2v) is 5.39. The lowest BCUT2D eigenvalue weighted by Crippen LogP contribution is -2.18. The molecule has 0 saturated heterocycles. The second kappa shape index (κ2) is 6.80. The molecule has 1 atom stereocenters. The van der Waals surface area contributed by atoms with Gasteiger partial charge in [-0.05, 0) is 44.7 Å². The van der Waals surface area contributed by atoms with Gasteiger partial charge < -0.3 is 15.2 Å². The molecule has 1 aromatic rings. The van der Waals surface area contributed by atoms with Crippen LogP contribution in [0.4, 0.5) is 0 Å². The monoisotopic (exact) mass is 263 g/mol. The molecule has 0 heterocycles. The first kappa shape index (κ1) is 14.2. The Kier molecular flexibility index (Phi) is 5.08. The van der Waals surface area contributed by atoms with Gasteiger partial charge in [-0.3, -0.25) is 0 Å². The van der Waals surface area contributed by atoms with Gasteiger partial charge >= 0.3 is 0 Å². The molecule has 1 saturated carbocycles. The van der Waals surface area contributed by atoms with Gasteiger partial charge in [0, 0.05) is 6.04 Å². The zero-order valence-electron chi connectivity index (χ0n) is 12.0. The molecule has 2 rings (SSSR count). The van der Waals surface area contributed by atoms with Crippen LogP contribution in [-0.2, 0) is 0 Å². The standard InChI is InChI=1S/C16H25NO2/c1-12(17)16-14(18-2)10-7-11-15(16)19-13-8-5-3-4-6-9-13/h7,10-13H,3-6,8-9,17H2,1-2H3/t12-/m0/s1. The molecule has 19 heavy (non-hydrogen) atoms. The van der Waals surface area contributed by atoms with E-state index in [1.807, 2.05) is 25.1 Å². The van der Waals surface area contributed by atoms with Crippen molar-refractivity contribution >= 4 is 0 Å². The maximum absolute atomic E-state index is 6.21. The fraction of sp³-hybridized carbons (Fsp3) is 0.625. The summed E-state index contributed by atoms with van der Waals surface area (Å²) in [4.78, 5) is 0.